The first kappa shape index (κ1) is 15.7. The maximum absolute atomic E-state index is 12.8. The predicted octanol–water partition coefficient (Wildman–Crippen LogP) is 2.35. The second-order valence-electron chi connectivity index (χ2n) is 5.91. The van der Waals surface area contributed by atoms with Crippen molar-refractivity contribution < 1.29 is 9.59 Å². The Kier molecular flexibility index (Phi) is 5.15. The molecule has 1 fully saturated rings. The number of hydrogen-bond donors (Lipinski definition) is 0. The summed E-state index contributed by atoms with van der Waals surface area (Å²) >= 11 is 0. The van der Waals surface area contributed by atoms with E-state index in [9.17, 15) is 9.59 Å². The molecule has 1 aromatic rings. The van der Waals surface area contributed by atoms with E-state index in [1.54, 1.807) is 11.6 Å². The van der Waals surface area contributed by atoms with Crippen LogP contribution in [0.25, 0.3) is 0 Å². The average molecular weight is 291 g/mol. The zero-order valence-electron chi connectivity index (χ0n) is 13.3. The van der Waals surface area contributed by atoms with E-state index in [2.05, 4.69) is 5.10 Å². The molecule has 5 heteroatoms. The lowest BCUT2D eigenvalue weighted by atomic mass is 10.0. The Morgan fingerprint density at radius 1 is 1.33 bits per heavy atom. The van der Waals surface area contributed by atoms with Gasteiger partial charge in [0.15, 0.2) is 0 Å². The smallest absolute Gasteiger partial charge is 0.272 e. The quantitative estimate of drug-likeness (QED) is 0.855. The molecule has 1 aromatic heterocycles. The highest BCUT2D eigenvalue weighted by molar-refractivity contribution is 5.93. The third kappa shape index (κ3) is 3.71. The number of aromatic nitrogens is 2. The molecule has 1 unspecified atom stereocenters. The van der Waals surface area contributed by atoms with Crippen LogP contribution >= 0.6 is 0 Å². The molecule has 5 nitrogen and oxygen atoms in total. The fourth-order valence-corrected chi connectivity index (χ4v) is 3.04. The molecule has 2 rings (SSSR count). The van der Waals surface area contributed by atoms with Gasteiger partial charge in [-0.1, -0.05) is 19.8 Å². The minimum absolute atomic E-state index is 0.0119. The van der Waals surface area contributed by atoms with Gasteiger partial charge in [-0.2, -0.15) is 5.10 Å². The van der Waals surface area contributed by atoms with Crippen LogP contribution in [0.1, 0.15) is 62.1 Å². The SMILES string of the molecule is CCc1cc(C(=O)N2CCCCCC2CC(C)=O)n(C)n1. The van der Waals surface area contributed by atoms with Crippen molar-refractivity contribution in [1.29, 1.82) is 0 Å². The molecule has 1 amide bonds. The Balaban J connectivity index is 2.23. The molecule has 0 N–H and O–H groups in total. The number of ketones is 1. The van der Waals surface area contributed by atoms with Crippen molar-refractivity contribution >= 4 is 11.7 Å². The van der Waals surface area contributed by atoms with E-state index in [4.69, 9.17) is 0 Å². The number of hydrogen-bond acceptors (Lipinski definition) is 3. The van der Waals surface area contributed by atoms with E-state index in [0.29, 0.717) is 12.1 Å². The monoisotopic (exact) mass is 291 g/mol. The van der Waals surface area contributed by atoms with Crippen LogP contribution in [-0.2, 0) is 18.3 Å². The molecular formula is C16H25N3O2. The average Bonchev–Trinajstić information content (AvgIpc) is 2.66. The summed E-state index contributed by atoms with van der Waals surface area (Å²) in [5.41, 5.74) is 1.56. The summed E-state index contributed by atoms with van der Waals surface area (Å²) in [6, 6.07) is 1.91. The Hall–Kier alpha value is -1.65. The first-order valence-electron chi connectivity index (χ1n) is 7.86. The number of carbonyl (C=O) groups is 2. The molecule has 2 heterocycles. The highest BCUT2D eigenvalue weighted by atomic mass is 16.2. The van der Waals surface area contributed by atoms with Crippen LogP contribution in [0, 0.1) is 0 Å². The number of nitrogens with zero attached hydrogens (tertiary/aromatic N) is 3. The molecule has 0 aromatic carbocycles. The van der Waals surface area contributed by atoms with Crippen molar-refractivity contribution in [3.8, 4) is 0 Å². The van der Waals surface area contributed by atoms with Crippen LogP contribution in [0.15, 0.2) is 6.07 Å². The molecule has 0 aliphatic carbocycles. The zero-order chi connectivity index (χ0) is 15.4. The molecule has 0 saturated carbocycles. The van der Waals surface area contributed by atoms with E-state index in [1.807, 2.05) is 24.9 Å². The van der Waals surface area contributed by atoms with E-state index in [1.165, 1.54) is 0 Å². The van der Waals surface area contributed by atoms with E-state index < -0.39 is 0 Å². The molecule has 1 atom stereocenters. The fourth-order valence-electron chi connectivity index (χ4n) is 3.04. The van der Waals surface area contributed by atoms with Gasteiger partial charge in [0, 0.05) is 26.1 Å². The summed E-state index contributed by atoms with van der Waals surface area (Å²) in [6.07, 6.45) is 5.43. The summed E-state index contributed by atoms with van der Waals surface area (Å²) in [5, 5.41) is 4.36. The topological polar surface area (TPSA) is 55.2 Å². The Morgan fingerprint density at radius 2 is 2.10 bits per heavy atom. The van der Waals surface area contributed by atoms with Crippen LogP contribution in [0.5, 0.6) is 0 Å². The zero-order valence-corrected chi connectivity index (χ0v) is 13.3. The first-order valence-corrected chi connectivity index (χ1v) is 7.86. The van der Waals surface area contributed by atoms with Gasteiger partial charge in [-0.05, 0) is 32.3 Å². The lowest BCUT2D eigenvalue weighted by Crippen LogP contribution is -2.41. The number of Topliss-reactive ketones (excluding diaryl/α,β-unsaturated/α-hetero) is 1. The van der Waals surface area contributed by atoms with Gasteiger partial charge in [-0.3, -0.25) is 14.3 Å². The van der Waals surface area contributed by atoms with Crippen LogP contribution in [0.2, 0.25) is 0 Å². The second kappa shape index (κ2) is 6.87. The molecular weight excluding hydrogens is 266 g/mol. The number of aryl methyl sites for hydroxylation is 2. The number of rotatable bonds is 4. The van der Waals surface area contributed by atoms with Gasteiger partial charge in [0.05, 0.1) is 5.69 Å². The normalized spacial score (nSPS) is 19.4. The van der Waals surface area contributed by atoms with Gasteiger partial charge in [0.25, 0.3) is 5.91 Å². The van der Waals surface area contributed by atoms with E-state index >= 15 is 0 Å². The van der Waals surface area contributed by atoms with Gasteiger partial charge in [-0.25, -0.2) is 0 Å². The van der Waals surface area contributed by atoms with Crippen molar-refractivity contribution in [2.45, 2.75) is 58.4 Å². The summed E-state index contributed by atoms with van der Waals surface area (Å²) < 4.78 is 1.66. The fraction of sp³-hybridized carbons (Fsp3) is 0.688. The van der Waals surface area contributed by atoms with Crippen molar-refractivity contribution in [3.05, 3.63) is 17.5 Å². The molecule has 1 aliphatic heterocycles. The van der Waals surface area contributed by atoms with Gasteiger partial charge in [-0.15, -0.1) is 0 Å². The van der Waals surface area contributed by atoms with Crippen LogP contribution in [-0.4, -0.2) is 39.0 Å². The largest absolute Gasteiger partial charge is 0.334 e. The Bertz CT molecular complexity index is 522. The summed E-state index contributed by atoms with van der Waals surface area (Å²) in [6.45, 7) is 4.37. The Labute approximate surface area is 126 Å². The van der Waals surface area contributed by atoms with Gasteiger partial charge in [0.2, 0.25) is 0 Å². The van der Waals surface area contributed by atoms with Crippen LogP contribution in [0.3, 0.4) is 0 Å². The Morgan fingerprint density at radius 3 is 2.71 bits per heavy atom. The van der Waals surface area contributed by atoms with Gasteiger partial charge >= 0.3 is 0 Å². The molecule has 116 valence electrons. The number of likely N-dealkylation sites (tertiary alicyclic amines) is 1. The third-order valence-corrected chi connectivity index (χ3v) is 4.17. The minimum atomic E-state index is 0.0119. The highest BCUT2D eigenvalue weighted by Crippen LogP contribution is 2.22. The van der Waals surface area contributed by atoms with Crippen LogP contribution in [0.4, 0.5) is 0 Å². The summed E-state index contributed by atoms with van der Waals surface area (Å²) in [5.74, 6) is 0.164. The maximum Gasteiger partial charge on any atom is 0.272 e. The molecule has 1 saturated heterocycles. The number of carbonyl (C=O) groups excluding carboxylic acids is 2. The van der Waals surface area contributed by atoms with Crippen molar-refractivity contribution in [2.75, 3.05) is 6.54 Å². The van der Waals surface area contributed by atoms with Crippen LogP contribution < -0.4 is 0 Å². The summed E-state index contributed by atoms with van der Waals surface area (Å²) in [7, 11) is 1.81. The molecule has 0 spiro atoms. The first-order chi connectivity index (χ1) is 10.0. The van der Waals surface area contributed by atoms with Crippen molar-refractivity contribution in [1.82, 2.24) is 14.7 Å². The minimum Gasteiger partial charge on any atom is -0.334 e. The molecule has 0 radical (unpaired) electrons. The maximum atomic E-state index is 12.8. The van der Waals surface area contributed by atoms with Gasteiger partial charge in [0.1, 0.15) is 11.5 Å². The third-order valence-electron chi connectivity index (χ3n) is 4.17. The molecule has 0 bridgehead atoms. The highest BCUT2D eigenvalue weighted by Gasteiger charge is 2.28. The number of amides is 1. The lowest BCUT2D eigenvalue weighted by Gasteiger charge is -2.29. The van der Waals surface area contributed by atoms with Crippen molar-refractivity contribution in [3.63, 3.8) is 0 Å². The lowest BCUT2D eigenvalue weighted by molar-refractivity contribution is -0.118. The van der Waals surface area contributed by atoms with E-state index in [-0.39, 0.29) is 17.7 Å². The standard InChI is InChI=1S/C16H25N3O2/c1-4-13-11-15(18(3)17-13)16(21)19-9-7-5-6-8-14(19)10-12(2)20/h11,14H,4-10H2,1-3H3. The van der Waals surface area contributed by atoms with Gasteiger partial charge < -0.3 is 4.90 Å². The molecule has 21 heavy (non-hydrogen) atoms. The van der Waals surface area contributed by atoms with Crippen molar-refractivity contribution in [2.24, 2.45) is 7.05 Å². The van der Waals surface area contributed by atoms with E-state index in [0.717, 1.165) is 44.3 Å². The predicted molar refractivity (Wildman–Crippen MR) is 81.2 cm³/mol. The second-order valence-corrected chi connectivity index (χ2v) is 5.91. The summed E-state index contributed by atoms with van der Waals surface area (Å²) in [4.78, 5) is 26.2. The molecule has 1 aliphatic rings.